The first-order chi connectivity index (χ1) is 9.61. The molecule has 104 valence electrons. The fourth-order valence-corrected chi connectivity index (χ4v) is 3.26. The van der Waals surface area contributed by atoms with Crippen molar-refractivity contribution in [2.75, 3.05) is 12.4 Å². The summed E-state index contributed by atoms with van der Waals surface area (Å²) in [7, 11) is 1.28. The first-order valence-electron chi connectivity index (χ1n) is 6.10. The van der Waals surface area contributed by atoms with E-state index in [4.69, 9.17) is 4.74 Å². The third-order valence-electron chi connectivity index (χ3n) is 3.26. The minimum absolute atomic E-state index is 0.359. The van der Waals surface area contributed by atoms with Gasteiger partial charge < -0.3 is 10.1 Å². The maximum absolute atomic E-state index is 12.2. The second-order valence-electron chi connectivity index (χ2n) is 4.57. The molecule has 0 bridgehead atoms. The van der Waals surface area contributed by atoms with Gasteiger partial charge in [-0.1, -0.05) is 6.07 Å². The van der Waals surface area contributed by atoms with E-state index in [0.717, 1.165) is 10.6 Å². The minimum Gasteiger partial charge on any atom is -0.468 e. The van der Waals surface area contributed by atoms with Gasteiger partial charge in [-0.2, -0.15) is 5.10 Å². The van der Waals surface area contributed by atoms with Crippen LogP contribution in [0.3, 0.4) is 0 Å². The third-order valence-corrected chi connectivity index (χ3v) is 4.20. The summed E-state index contributed by atoms with van der Waals surface area (Å²) < 4.78 is 6.46. The summed E-state index contributed by atoms with van der Waals surface area (Å²) in [5.74, 6) is -1.24. The van der Waals surface area contributed by atoms with Crippen LogP contribution >= 0.6 is 11.3 Å². The summed E-state index contributed by atoms with van der Waals surface area (Å²) in [5.41, 5.74) is 0.785. The van der Waals surface area contributed by atoms with E-state index in [0.29, 0.717) is 5.82 Å². The van der Waals surface area contributed by atoms with E-state index in [1.54, 1.807) is 10.7 Å². The predicted octanol–water partition coefficient (Wildman–Crippen LogP) is 1.58. The zero-order chi connectivity index (χ0) is 14.3. The molecule has 20 heavy (non-hydrogen) atoms. The van der Waals surface area contributed by atoms with Crippen LogP contribution in [-0.2, 0) is 14.3 Å². The molecule has 0 saturated heterocycles. The van der Waals surface area contributed by atoms with Gasteiger partial charge >= 0.3 is 5.97 Å². The number of hydrogen-bond donors (Lipinski definition) is 1. The zero-order valence-corrected chi connectivity index (χ0v) is 11.8. The van der Waals surface area contributed by atoms with Crippen molar-refractivity contribution in [2.45, 2.75) is 13.0 Å². The average molecular weight is 291 g/mol. The molecule has 0 radical (unpaired) electrons. The Kier molecular flexibility index (Phi) is 3.06. The van der Waals surface area contributed by atoms with E-state index >= 15 is 0 Å². The lowest BCUT2D eigenvalue weighted by atomic mass is 9.95. The third kappa shape index (κ3) is 1.90. The monoisotopic (exact) mass is 291 g/mol. The first-order valence-corrected chi connectivity index (χ1v) is 6.98. The highest BCUT2D eigenvalue weighted by Crippen LogP contribution is 2.37. The number of aromatic nitrogens is 2. The molecule has 1 aliphatic heterocycles. The molecule has 3 rings (SSSR count). The van der Waals surface area contributed by atoms with Crippen molar-refractivity contribution in [2.24, 2.45) is 5.92 Å². The van der Waals surface area contributed by atoms with Gasteiger partial charge in [-0.15, -0.1) is 11.3 Å². The van der Waals surface area contributed by atoms with Crippen molar-refractivity contribution in [1.29, 1.82) is 0 Å². The van der Waals surface area contributed by atoms with Gasteiger partial charge in [0.2, 0.25) is 5.91 Å². The topological polar surface area (TPSA) is 73.2 Å². The number of carbonyl (C=O) groups excluding carboxylic acids is 2. The molecule has 7 heteroatoms. The van der Waals surface area contributed by atoms with Gasteiger partial charge in [-0.25, -0.2) is 4.68 Å². The van der Waals surface area contributed by atoms with Crippen molar-refractivity contribution in [1.82, 2.24) is 9.78 Å². The first kappa shape index (κ1) is 12.9. The van der Waals surface area contributed by atoms with Gasteiger partial charge in [0, 0.05) is 10.9 Å². The molecule has 0 aliphatic carbocycles. The second kappa shape index (κ2) is 4.75. The van der Waals surface area contributed by atoms with Crippen molar-refractivity contribution in [3.63, 3.8) is 0 Å². The lowest BCUT2D eigenvalue weighted by molar-refractivity contribution is -0.150. The maximum atomic E-state index is 12.2. The molecule has 1 aliphatic rings. The average Bonchev–Trinajstić information content (AvgIpc) is 3.04. The summed E-state index contributed by atoms with van der Waals surface area (Å²) in [6, 6.07) is 5.10. The summed E-state index contributed by atoms with van der Waals surface area (Å²) in [4.78, 5) is 25.1. The predicted molar refractivity (Wildman–Crippen MR) is 73.6 cm³/mol. The molecule has 0 aromatic carbocycles. The molecule has 0 spiro atoms. The van der Waals surface area contributed by atoms with E-state index in [1.165, 1.54) is 18.4 Å². The van der Waals surface area contributed by atoms with E-state index < -0.39 is 17.9 Å². The molecule has 0 saturated carbocycles. The smallest absolute Gasteiger partial charge is 0.320 e. The summed E-state index contributed by atoms with van der Waals surface area (Å²) in [5, 5.41) is 9.00. The van der Waals surface area contributed by atoms with Crippen LogP contribution < -0.4 is 5.32 Å². The molecule has 2 atom stereocenters. The van der Waals surface area contributed by atoms with Crippen LogP contribution in [0.25, 0.3) is 0 Å². The number of carbonyl (C=O) groups is 2. The van der Waals surface area contributed by atoms with E-state index in [-0.39, 0.29) is 5.91 Å². The number of hydrogen-bond acceptors (Lipinski definition) is 5. The Labute approximate surface area is 119 Å². The number of aryl methyl sites for hydroxylation is 1. The molecule has 2 aromatic heterocycles. The summed E-state index contributed by atoms with van der Waals surface area (Å²) in [6.07, 6.45) is 0. The Morgan fingerprint density at radius 1 is 1.55 bits per heavy atom. The molecule has 1 amide bonds. The highest BCUT2D eigenvalue weighted by Gasteiger charge is 2.43. The van der Waals surface area contributed by atoms with E-state index in [9.17, 15) is 9.59 Å². The number of nitrogens with one attached hydrogen (secondary N) is 1. The minimum atomic E-state index is -0.926. The SMILES string of the molecule is COC(=O)C1C(=O)Nc2cc(C)nn2C1c1cccs1. The normalized spacial score (nSPS) is 21.2. The summed E-state index contributed by atoms with van der Waals surface area (Å²) >= 11 is 1.49. The van der Waals surface area contributed by atoms with Gasteiger partial charge in [-0.05, 0) is 18.4 Å². The van der Waals surface area contributed by atoms with Crippen LogP contribution in [0.5, 0.6) is 0 Å². The van der Waals surface area contributed by atoms with Crippen LogP contribution in [0.15, 0.2) is 23.6 Å². The Balaban J connectivity index is 2.16. The van der Waals surface area contributed by atoms with Gasteiger partial charge in [0.25, 0.3) is 0 Å². The van der Waals surface area contributed by atoms with Crippen molar-refractivity contribution in [3.05, 3.63) is 34.2 Å². The Morgan fingerprint density at radius 2 is 2.35 bits per heavy atom. The second-order valence-corrected chi connectivity index (χ2v) is 5.55. The number of fused-ring (bicyclic) bond motifs is 1. The lowest BCUT2D eigenvalue weighted by Gasteiger charge is -2.29. The number of anilines is 1. The molecular weight excluding hydrogens is 278 g/mol. The molecular formula is C13H13N3O3S. The number of amides is 1. The molecule has 3 heterocycles. The number of rotatable bonds is 2. The largest absolute Gasteiger partial charge is 0.468 e. The van der Waals surface area contributed by atoms with Crippen LogP contribution in [-0.4, -0.2) is 28.8 Å². The van der Waals surface area contributed by atoms with Crippen molar-refractivity contribution in [3.8, 4) is 0 Å². The summed E-state index contributed by atoms with van der Waals surface area (Å²) in [6.45, 7) is 1.84. The number of nitrogens with zero attached hydrogens (tertiary/aromatic N) is 2. The molecule has 2 unspecified atom stereocenters. The quantitative estimate of drug-likeness (QED) is 0.673. The Bertz CT molecular complexity index is 662. The fraction of sp³-hybridized carbons (Fsp3) is 0.308. The van der Waals surface area contributed by atoms with Crippen LogP contribution in [0.4, 0.5) is 5.82 Å². The fourth-order valence-electron chi connectivity index (χ4n) is 2.42. The zero-order valence-electron chi connectivity index (χ0n) is 11.0. The van der Waals surface area contributed by atoms with Crippen molar-refractivity contribution < 1.29 is 14.3 Å². The Hall–Kier alpha value is -2.15. The van der Waals surface area contributed by atoms with Gasteiger partial charge in [0.1, 0.15) is 11.9 Å². The van der Waals surface area contributed by atoms with Crippen LogP contribution in [0, 0.1) is 12.8 Å². The molecule has 2 aromatic rings. The number of ether oxygens (including phenoxy) is 1. The van der Waals surface area contributed by atoms with E-state index in [1.807, 2.05) is 24.4 Å². The maximum Gasteiger partial charge on any atom is 0.320 e. The van der Waals surface area contributed by atoms with Gasteiger partial charge in [-0.3, -0.25) is 9.59 Å². The highest BCUT2D eigenvalue weighted by molar-refractivity contribution is 7.10. The van der Waals surface area contributed by atoms with Gasteiger partial charge in [0.05, 0.1) is 12.8 Å². The van der Waals surface area contributed by atoms with Crippen LogP contribution in [0.1, 0.15) is 16.6 Å². The Morgan fingerprint density at radius 3 is 3.00 bits per heavy atom. The molecule has 6 nitrogen and oxygen atoms in total. The van der Waals surface area contributed by atoms with Gasteiger partial charge in [0.15, 0.2) is 5.92 Å². The highest BCUT2D eigenvalue weighted by atomic mass is 32.1. The molecule has 0 fully saturated rings. The number of thiophene rings is 1. The standard InChI is InChI=1S/C13H13N3O3S/c1-7-6-9-14-12(17)10(13(18)19-2)11(16(9)15-7)8-4-3-5-20-8/h3-6,10-11H,1-2H3,(H,14,17). The van der Waals surface area contributed by atoms with E-state index in [2.05, 4.69) is 10.4 Å². The van der Waals surface area contributed by atoms with Crippen LogP contribution in [0.2, 0.25) is 0 Å². The molecule has 1 N–H and O–H groups in total. The number of esters is 1. The number of methoxy groups -OCH3 is 1. The van der Waals surface area contributed by atoms with Crippen molar-refractivity contribution >= 4 is 29.0 Å². The lowest BCUT2D eigenvalue weighted by Crippen LogP contribution is -2.43.